The number of benzene rings is 1. The van der Waals surface area contributed by atoms with Crippen molar-refractivity contribution in [1.29, 1.82) is 5.41 Å². The van der Waals surface area contributed by atoms with Crippen LogP contribution in [0.15, 0.2) is 48.7 Å². The Morgan fingerprint density at radius 3 is 2.86 bits per heavy atom. The number of anilines is 1. The summed E-state index contributed by atoms with van der Waals surface area (Å²) in [5.74, 6) is 1.36. The van der Waals surface area contributed by atoms with Gasteiger partial charge in [-0.25, -0.2) is 4.98 Å². The van der Waals surface area contributed by atoms with Crippen LogP contribution in [-0.4, -0.2) is 22.3 Å². The lowest BCUT2D eigenvalue weighted by Gasteiger charge is -2.13. The van der Waals surface area contributed by atoms with Crippen LogP contribution in [0, 0.1) is 5.41 Å². The summed E-state index contributed by atoms with van der Waals surface area (Å²) in [6, 6.07) is 13.0. The van der Waals surface area contributed by atoms with Crippen molar-refractivity contribution in [2.45, 2.75) is 25.7 Å². The molecule has 0 spiro atoms. The van der Waals surface area contributed by atoms with Crippen molar-refractivity contribution in [3.63, 3.8) is 0 Å². The molecule has 21 heavy (non-hydrogen) atoms. The van der Waals surface area contributed by atoms with Gasteiger partial charge >= 0.3 is 0 Å². The fourth-order valence-corrected chi connectivity index (χ4v) is 2.23. The lowest BCUT2D eigenvalue weighted by Crippen LogP contribution is -2.11. The Bertz CT molecular complexity index is 584. The molecule has 0 bridgehead atoms. The highest BCUT2D eigenvalue weighted by molar-refractivity contribution is 5.82. The number of rotatable bonds is 7. The van der Waals surface area contributed by atoms with Crippen LogP contribution >= 0.6 is 0 Å². The molecule has 0 aliphatic heterocycles. The minimum Gasteiger partial charge on any atom is -0.508 e. The Hall–Kier alpha value is -2.36. The minimum atomic E-state index is 0.236. The SMILES string of the molecule is CC(CC(=N)CCNc1ccccn1)c1cccc(O)c1. The zero-order valence-corrected chi connectivity index (χ0v) is 12.2. The molecular formula is C17H21N3O. The van der Waals surface area contributed by atoms with Crippen molar-refractivity contribution < 1.29 is 5.11 Å². The first-order valence-corrected chi connectivity index (χ1v) is 7.15. The number of aromatic hydroxyl groups is 1. The second-order valence-electron chi connectivity index (χ2n) is 5.20. The Labute approximate surface area is 125 Å². The van der Waals surface area contributed by atoms with Crippen molar-refractivity contribution in [2.75, 3.05) is 11.9 Å². The van der Waals surface area contributed by atoms with Gasteiger partial charge in [-0.1, -0.05) is 25.1 Å². The van der Waals surface area contributed by atoms with Gasteiger partial charge in [0.2, 0.25) is 0 Å². The molecule has 2 rings (SSSR count). The standard InChI is InChI=1S/C17H21N3O/c1-13(14-5-4-6-16(21)12-14)11-15(18)8-10-20-17-7-2-3-9-19-17/h2-7,9,12-13,18,21H,8,10-11H2,1H3,(H,19,20). The average Bonchev–Trinajstić information content (AvgIpc) is 2.48. The molecule has 2 aromatic rings. The smallest absolute Gasteiger partial charge is 0.125 e. The molecule has 1 aromatic heterocycles. The lowest BCUT2D eigenvalue weighted by molar-refractivity contribution is 0.474. The predicted molar refractivity (Wildman–Crippen MR) is 86.2 cm³/mol. The average molecular weight is 283 g/mol. The van der Waals surface area contributed by atoms with E-state index in [0.717, 1.165) is 11.4 Å². The fraction of sp³-hybridized carbons (Fsp3) is 0.294. The number of phenols is 1. The van der Waals surface area contributed by atoms with E-state index in [0.29, 0.717) is 25.1 Å². The highest BCUT2D eigenvalue weighted by Gasteiger charge is 2.09. The second-order valence-corrected chi connectivity index (χ2v) is 5.20. The maximum atomic E-state index is 9.49. The van der Waals surface area contributed by atoms with Crippen molar-refractivity contribution in [3.8, 4) is 5.75 Å². The molecule has 1 heterocycles. The molecule has 4 heteroatoms. The third kappa shape index (κ3) is 4.91. The number of aromatic nitrogens is 1. The third-order valence-electron chi connectivity index (χ3n) is 3.39. The van der Waals surface area contributed by atoms with Crippen LogP contribution in [0.5, 0.6) is 5.75 Å². The van der Waals surface area contributed by atoms with Crippen molar-refractivity contribution in [2.24, 2.45) is 0 Å². The monoisotopic (exact) mass is 283 g/mol. The Balaban J connectivity index is 1.76. The topological polar surface area (TPSA) is 69.0 Å². The van der Waals surface area contributed by atoms with Crippen molar-refractivity contribution >= 4 is 11.5 Å². The van der Waals surface area contributed by atoms with E-state index < -0.39 is 0 Å². The quantitative estimate of drug-likeness (QED) is 0.677. The van der Waals surface area contributed by atoms with E-state index >= 15 is 0 Å². The molecule has 0 saturated carbocycles. The first-order valence-electron chi connectivity index (χ1n) is 7.15. The predicted octanol–water partition coefficient (Wildman–Crippen LogP) is 3.80. The summed E-state index contributed by atoms with van der Waals surface area (Å²) in [6.07, 6.45) is 3.14. The fourth-order valence-electron chi connectivity index (χ4n) is 2.23. The zero-order valence-electron chi connectivity index (χ0n) is 12.2. The van der Waals surface area contributed by atoms with Gasteiger partial charge < -0.3 is 15.8 Å². The van der Waals surface area contributed by atoms with Gasteiger partial charge in [-0.05, 0) is 42.2 Å². The molecule has 0 amide bonds. The maximum Gasteiger partial charge on any atom is 0.125 e. The molecule has 1 aromatic carbocycles. The van der Waals surface area contributed by atoms with E-state index in [1.54, 1.807) is 18.3 Å². The van der Waals surface area contributed by atoms with E-state index in [4.69, 9.17) is 5.41 Å². The molecule has 0 radical (unpaired) electrons. The zero-order chi connectivity index (χ0) is 15.1. The summed E-state index contributed by atoms with van der Waals surface area (Å²) in [4.78, 5) is 4.18. The second kappa shape index (κ2) is 7.43. The first kappa shape index (κ1) is 15.0. The van der Waals surface area contributed by atoms with Gasteiger partial charge in [-0.15, -0.1) is 0 Å². The molecule has 0 saturated heterocycles. The summed E-state index contributed by atoms with van der Waals surface area (Å²) in [7, 11) is 0. The van der Waals surface area contributed by atoms with Crippen LogP contribution < -0.4 is 5.32 Å². The summed E-state index contributed by atoms with van der Waals surface area (Å²) >= 11 is 0. The summed E-state index contributed by atoms with van der Waals surface area (Å²) in [5.41, 5.74) is 1.77. The number of nitrogens with zero attached hydrogens (tertiary/aromatic N) is 1. The van der Waals surface area contributed by atoms with Crippen LogP contribution in [0.25, 0.3) is 0 Å². The number of phenolic OH excluding ortho intramolecular Hbond substituents is 1. The van der Waals surface area contributed by atoms with Gasteiger partial charge in [0, 0.05) is 24.9 Å². The number of pyridine rings is 1. The van der Waals surface area contributed by atoms with Crippen LogP contribution in [0.3, 0.4) is 0 Å². The number of nitrogens with one attached hydrogen (secondary N) is 2. The Morgan fingerprint density at radius 1 is 1.29 bits per heavy atom. The summed E-state index contributed by atoms with van der Waals surface area (Å²) in [5, 5.41) is 20.8. The van der Waals surface area contributed by atoms with Crippen LogP contribution in [0.2, 0.25) is 0 Å². The van der Waals surface area contributed by atoms with E-state index in [1.807, 2.05) is 30.3 Å². The van der Waals surface area contributed by atoms with Crippen molar-refractivity contribution in [1.82, 2.24) is 4.98 Å². The third-order valence-corrected chi connectivity index (χ3v) is 3.39. The van der Waals surface area contributed by atoms with Gasteiger partial charge in [0.15, 0.2) is 0 Å². The van der Waals surface area contributed by atoms with Gasteiger partial charge in [0.1, 0.15) is 11.6 Å². The first-order chi connectivity index (χ1) is 10.1. The molecule has 1 unspecified atom stereocenters. The molecule has 4 nitrogen and oxygen atoms in total. The van der Waals surface area contributed by atoms with E-state index in [1.165, 1.54) is 0 Å². The van der Waals surface area contributed by atoms with Crippen molar-refractivity contribution in [3.05, 3.63) is 54.2 Å². The largest absolute Gasteiger partial charge is 0.508 e. The molecule has 0 aliphatic rings. The Morgan fingerprint density at radius 2 is 2.14 bits per heavy atom. The molecule has 110 valence electrons. The molecule has 0 aliphatic carbocycles. The Kier molecular flexibility index (Phi) is 5.32. The maximum absolute atomic E-state index is 9.49. The summed E-state index contributed by atoms with van der Waals surface area (Å²) < 4.78 is 0. The molecule has 3 N–H and O–H groups in total. The molecular weight excluding hydrogens is 262 g/mol. The number of hydrogen-bond donors (Lipinski definition) is 3. The van der Waals surface area contributed by atoms with Gasteiger partial charge in [0.25, 0.3) is 0 Å². The highest BCUT2D eigenvalue weighted by atomic mass is 16.3. The van der Waals surface area contributed by atoms with E-state index in [-0.39, 0.29) is 11.7 Å². The van der Waals surface area contributed by atoms with E-state index in [2.05, 4.69) is 17.2 Å². The lowest BCUT2D eigenvalue weighted by atomic mass is 9.94. The van der Waals surface area contributed by atoms with Gasteiger partial charge in [-0.3, -0.25) is 0 Å². The van der Waals surface area contributed by atoms with Crippen LogP contribution in [-0.2, 0) is 0 Å². The normalized spacial score (nSPS) is 11.9. The van der Waals surface area contributed by atoms with Gasteiger partial charge in [0.05, 0.1) is 0 Å². The molecule has 0 fully saturated rings. The van der Waals surface area contributed by atoms with Crippen LogP contribution in [0.1, 0.15) is 31.2 Å². The van der Waals surface area contributed by atoms with Gasteiger partial charge in [-0.2, -0.15) is 0 Å². The molecule has 1 atom stereocenters. The highest BCUT2D eigenvalue weighted by Crippen LogP contribution is 2.23. The van der Waals surface area contributed by atoms with Crippen LogP contribution in [0.4, 0.5) is 5.82 Å². The minimum absolute atomic E-state index is 0.236. The number of hydrogen-bond acceptors (Lipinski definition) is 4. The van der Waals surface area contributed by atoms with E-state index in [9.17, 15) is 5.11 Å². The summed E-state index contributed by atoms with van der Waals surface area (Å²) in [6.45, 7) is 2.79.